The van der Waals surface area contributed by atoms with Crippen LogP contribution in [0.25, 0.3) is 16.8 Å². The molecule has 0 aliphatic carbocycles. The Morgan fingerprint density at radius 1 is 0.861 bits per heavy atom. The first-order valence-electron chi connectivity index (χ1n) is 11.1. The second kappa shape index (κ2) is 9.56. The number of fused-ring (bicyclic) bond motifs is 1. The summed E-state index contributed by atoms with van der Waals surface area (Å²) in [5, 5.41) is 11.7. The van der Waals surface area contributed by atoms with E-state index in [1.165, 1.54) is 9.80 Å². The van der Waals surface area contributed by atoms with Crippen molar-refractivity contribution < 1.29 is 9.59 Å². The van der Waals surface area contributed by atoms with Crippen molar-refractivity contribution in [2.24, 2.45) is 0 Å². The van der Waals surface area contributed by atoms with Crippen LogP contribution in [0.1, 0.15) is 10.0 Å². The van der Waals surface area contributed by atoms with Gasteiger partial charge < -0.3 is 0 Å². The van der Waals surface area contributed by atoms with Crippen molar-refractivity contribution in [3.63, 3.8) is 0 Å². The van der Waals surface area contributed by atoms with Crippen LogP contribution in [0.4, 0.5) is 15.9 Å². The molecule has 1 saturated heterocycles. The van der Waals surface area contributed by atoms with E-state index in [1.807, 2.05) is 78.9 Å². The fourth-order valence-electron chi connectivity index (χ4n) is 4.20. The molecule has 0 bridgehead atoms. The molecule has 3 aromatic carbocycles. The van der Waals surface area contributed by atoms with Gasteiger partial charge in [-0.05, 0) is 0 Å². The monoisotopic (exact) mass is 556 g/mol. The Hall–Kier alpha value is -4.02. The molecular weight excluding hydrogens is 535 g/mol. The van der Waals surface area contributed by atoms with Gasteiger partial charge in [0.05, 0.1) is 0 Å². The average Bonchev–Trinajstić information content (AvgIpc) is 3.37. The number of likely N-dealkylation sites (N-methyl/N-ethyl adjacent to an activating group) is 2. The molecule has 5 rings (SSSR count). The number of hydrogen-bond donors (Lipinski definition) is 0. The molecule has 8 heteroatoms. The third kappa shape index (κ3) is 4.04. The third-order valence-electron chi connectivity index (χ3n) is 6.04. The zero-order valence-corrected chi connectivity index (χ0v) is 22.0. The maximum absolute atomic E-state index is 12.8. The van der Waals surface area contributed by atoms with Crippen molar-refractivity contribution in [3.8, 4) is 6.07 Å². The number of carbonyl (C=O) groups excluding carboxylic acids is 2. The van der Waals surface area contributed by atoms with Crippen LogP contribution in [-0.4, -0.2) is 55.3 Å². The standard InChI is InChI=1S/C28H20N4O2SSe/c1-30-26(33)23(27(34)31(2)28(30)35)16-20-13-15-25(36-20)32(19-8-4-3-5-9-19)24-14-12-18(17-29)21-10-6-7-11-22(21)24/h3-16H,1-2H3. The predicted molar refractivity (Wildman–Crippen MR) is 146 cm³/mol. The number of amides is 2. The van der Waals surface area contributed by atoms with Crippen LogP contribution in [0.5, 0.6) is 0 Å². The second-order valence-electron chi connectivity index (χ2n) is 8.21. The van der Waals surface area contributed by atoms with Crippen molar-refractivity contribution >= 4 is 76.4 Å². The summed E-state index contributed by atoms with van der Waals surface area (Å²) in [7, 11) is 3.15. The van der Waals surface area contributed by atoms with Gasteiger partial charge >= 0.3 is 221 Å². The molecule has 176 valence electrons. The van der Waals surface area contributed by atoms with E-state index in [2.05, 4.69) is 11.0 Å². The summed E-state index contributed by atoms with van der Waals surface area (Å²) < 4.78 is 1.95. The van der Waals surface area contributed by atoms with Gasteiger partial charge in [-0.25, -0.2) is 0 Å². The molecule has 1 fully saturated rings. The van der Waals surface area contributed by atoms with E-state index in [1.54, 1.807) is 20.2 Å². The van der Waals surface area contributed by atoms with Gasteiger partial charge in [0.25, 0.3) is 0 Å². The Balaban J connectivity index is 1.64. The average molecular weight is 556 g/mol. The maximum atomic E-state index is 12.8. The normalized spacial score (nSPS) is 13.8. The van der Waals surface area contributed by atoms with Crippen molar-refractivity contribution in [3.05, 3.63) is 94.4 Å². The van der Waals surface area contributed by atoms with E-state index in [4.69, 9.17) is 12.2 Å². The van der Waals surface area contributed by atoms with Gasteiger partial charge in [0.2, 0.25) is 0 Å². The SMILES string of the molecule is CN1C(=O)C(=Cc2ccc(N(c3ccccc3)c3ccc(C#N)c4ccccc34)[se]2)C(=O)N(C)C1=S. The van der Waals surface area contributed by atoms with Crippen molar-refractivity contribution in [2.75, 3.05) is 19.0 Å². The van der Waals surface area contributed by atoms with Gasteiger partial charge in [0, 0.05) is 0 Å². The zero-order valence-electron chi connectivity index (χ0n) is 19.5. The zero-order chi connectivity index (χ0) is 25.4. The van der Waals surface area contributed by atoms with E-state index >= 15 is 0 Å². The first kappa shape index (κ1) is 23.7. The molecule has 6 nitrogen and oxygen atoms in total. The van der Waals surface area contributed by atoms with Gasteiger partial charge in [-0.15, -0.1) is 0 Å². The molecular formula is C28H20N4O2SSe. The van der Waals surface area contributed by atoms with E-state index in [0.29, 0.717) is 5.56 Å². The van der Waals surface area contributed by atoms with Crippen molar-refractivity contribution in [2.45, 2.75) is 0 Å². The Labute approximate surface area is 220 Å². The molecule has 0 atom stereocenters. The molecule has 0 spiro atoms. The topological polar surface area (TPSA) is 67.6 Å². The first-order valence-corrected chi connectivity index (χ1v) is 13.2. The van der Waals surface area contributed by atoms with Gasteiger partial charge in [0.15, 0.2) is 0 Å². The Morgan fingerprint density at radius 2 is 1.50 bits per heavy atom. The molecule has 0 N–H and O–H groups in total. The summed E-state index contributed by atoms with van der Waals surface area (Å²) in [6.07, 6.45) is 1.68. The Morgan fingerprint density at radius 3 is 2.17 bits per heavy atom. The van der Waals surface area contributed by atoms with Gasteiger partial charge in [-0.1, -0.05) is 0 Å². The van der Waals surface area contributed by atoms with E-state index in [0.717, 1.165) is 31.1 Å². The van der Waals surface area contributed by atoms with E-state index in [-0.39, 0.29) is 25.2 Å². The van der Waals surface area contributed by atoms with Crippen molar-refractivity contribution in [1.29, 1.82) is 5.26 Å². The van der Waals surface area contributed by atoms with Crippen LogP contribution >= 0.6 is 12.2 Å². The fourth-order valence-corrected chi connectivity index (χ4v) is 6.43. The number of para-hydroxylation sites is 1. The van der Waals surface area contributed by atoms with Gasteiger partial charge in [-0.2, -0.15) is 0 Å². The molecule has 1 aliphatic heterocycles. The molecule has 0 saturated carbocycles. The molecule has 0 unspecified atom stereocenters. The van der Waals surface area contributed by atoms with Crippen LogP contribution in [-0.2, 0) is 9.59 Å². The molecule has 1 aliphatic rings. The number of nitriles is 1. The minimum atomic E-state index is -0.397. The quantitative estimate of drug-likeness (QED) is 0.156. The number of benzene rings is 3. The first-order chi connectivity index (χ1) is 17.4. The predicted octanol–water partition coefficient (Wildman–Crippen LogP) is 4.84. The van der Waals surface area contributed by atoms with Gasteiger partial charge in [0.1, 0.15) is 0 Å². The summed E-state index contributed by atoms with van der Waals surface area (Å²) in [5.41, 5.74) is 2.67. The number of rotatable bonds is 4. The van der Waals surface area contributed by atoms with E-state index < -0.39 is 11.8 Å². The van der Waals surface area contributed by atoms with E-state index in [9.17, 15) is 14.9 Å². The number of hydrogen-bond acceptors (Lipinski definition) is 5. The van der Waals surface area contributed by atoms with Crippen LogP contribution < -0.4 is 4.90 Å². The molecule has 0 radical (unpaired) electrons. The Kier molecular flexibility index (Phi) is 6.29. The number of thiocarbonyl (C=S) groups is 1. The molecule has 2 amide bonds. The second-order valence-corrected chi connectivity index (χ2v) is 10.9. The van der Waals surface area contributed by atoms with Crippen LogP contribution in [0.15, 0.2) is 84.4 Å². The minimum absolute atomic E-state index is 0.103. The summed E-state index contributed by atoms with van der Waals surface area (Å²) in [6, 6.07) is 28.0. The summed E-state index contributed by atoms with van der Waals surface area (Å²) >= 11 is 5.01. The van der Waals surface area contributed by atoms with Crippen LogP contribution in [0.2, 0.25) is 0 Å². The summed E-state index contributed by atoms with van der Waals surface area (Å²) in [4.78, 5) is 30.4. The number of anilines is 3. The molecule has 1 aromatic heterocycles. The Bertz CT molecular complexity index is 1580. The molecule has 36 heavy (non-hydrogen) atoms. The van der Waals surface area contributed by atoms with Crippen molar-refractivity contribution in [1.82, 2.24) is 9.80 Å². The van der Waals surface area contributed by atoms with Crippen LogP contribution in [0.3, 0.4) is 0 Å². The number of nitrogens with zero attached hydrogens (tertiary/aromatic N) is 4. The molecule has 2 heterocycles. The summed E-state index contributed by atoms with van der Waals surface area (Å²) in [5.74, 6) is -0.794. The third-order valence-corrected chi connectivity index (χ3v) is 8.72. The molecule has 4 aromatic rings. The number of carbonyl (C=O) groups is 2. The fraction of sp³-hybridized carbons (Fsp3) is 0.0714. The van der Waals surface area contributed by atoms with Crippen LogP contribution in [0, 0.1) is 11.3 Å². The summed E-state index contributed by atoms with van der Waals surface area (Å²) in [6.45, 7) is 0. The van der Waals surface area contributed by atoms with Gasteiger partial charge in [-0.3, -0.25) is 0 Å².